The van der Waals surface area contributed by atoms with Crippen molar-refractivity contribution in [2.75, 3.05) is 20.2 Å². The van der Waals surface area contributed by atoms with Gasteiger partial charge in [0, 0.05) is 19.5 Å². The molecule has 8 heteroatoms. The molecule has 1 aliphatic carbocycles. The number of hydrogen-bond acceptors (Lipinski definition) is 7. The van der Waals surface area contributed by atoms with Crippen LogP contribution in [0.2, 0.25) is 0 Å². The van der Waals surface area contributed by atoms with Gasteiger partial charge in [0.1, 0.15) is 11.5 Å². The van der Waals surface area contributed by atoms with Crippen LogP contribution in [0.25, 0.3) is 0 Å². The van der Waals surface area contributed by atoms with Crippen LogP contribution in [0.1, 0.15) is 54.6 Å². The summed E-state index contributed by atoms with van der Waals surface area (Å²) in [6.07, 6.45) is 7.96. The van der Waals surface area contributed by atoms with Crippen LogP contribution in [0, 0.1) is 5.92 Å². The van der Waals surface area contributed by atoms with Crippen LogP contribution in [0.4, 0.5) is 0 Å². The minimum Gasteiger partial charge on any atom is -0.494 e. The van der Waals surface area contributed by atoms with Gasteiger partial charge in [-0.25, -0.2) is 14.6 Å². The molecular weight excluding hydrogens is 320 g/mol. The number of rotatable bonds is 7. The van der Waals surface area contributed by atoms with Gasteiger partial charge in [-0.1, -0.05) is 5.21 Å². The molecule has 2 fully saturated rings. The molecule has 0 bridgehead atoms. The normalized spacial score (nSPS) is 19.4. The maximum absolute atomic E-state index is 12.3. The fourth-order valence-corrected chi connectivity index (χ4v) is 3.15. The fourth-order valence-electron chi connectivity index (χ4n) is 3.15. The first-order chi connectivity index (χ1) is 12.1. The average molecular weight is 342 g/mol. The van der Waals surface area contributed by atoms with Gasteiger partial charge in [0.25, 0.3) is 0 Å². The number of methoxy groups -OCH3 is 1. The highest BCUT2D eigenvalue weighted by Crippen LogP contribution is 2.34. The van der Waals surface area contributed by atoms with Crippen LogP contribution >= 0.6 is 0 Å². The van der Waals surface area contributed by atoms with Gasteiger partial charge >= 0.3 is 0 Å². The second-order valence-electron chi connectivity index (χ2n) is 6.92. The molecule has 2 aromatic heterocycles. The molecular formula is C17H22N6O2. The lowest BCUT2D eigenvalue weighted by Crippen LogP contribution is -2.48. The van der Waals surface area contributed by atoms with Crippen LogP contribution in [0.3, 0.4) is 0 Å². The highest BCUT2D eigenvalue weighted by molar-refractivity contribution is 5.94. The Hall–Kier alpha value is -2.35. The van der Waals surface area contributed by atoms with Crippen LogP contribution in [0.5, 0.6) is 5.75 Å². The Morgan fingerprint density at radius 2 is 2.04 bits per heavy atom. The van der Waals surface area contributed by atoms with E-state index in [2.05, 4.69) is 32.1 Å². The average Bonchev–Trinajstić information content (AvgIpc) is 3.34. The van der Waals surface area contributed by atoms with Crippen LogP contribution in [-0.2, 0) is 0 Å². The van der Waals surface area contributed by atoms with Gasteiger partial charge < -0.3 is 4.74 Å². The first-order valence-electron chi connectivity index (χ1n) is 8.69. The lowest BCUT2D eigenvalue weighted by molar-refractivity contribution is 0.0474. The quantitative estimate of drug-likeness (QED) is 0.708. The second-order valence-corrected chi connectivity index (χ2v) is 6.92. The summed E-state index contributed by atoms with van der Waals surface area (Å²) in [6.45, 7) is 3.83. The molecule has 0 amide bonds. The number of carbonyl (C=O) groups excluding carboxylic acids is 1. The fraction of sp³-hybridized carbons (Fsp3) is 0.588. The number of hydrogen-bond donors (Lipinski definition) is 0. The minimum absolute atomic E-state index is 0.0879. The molecule has 25 heavy (non-hydrogen) atoms. The molecule has 0 spiro atoms. The number of carbonyl (C=O) groups is 1. The zero-order valence-corrected chi connectivity index (χ0v) is 14.5. The van der Waals surface area contributed by atoms with Crippen molar-refractivity contribution in [3.8, 4) is 5.75 Å². The first kappa shape index (κ1) is 16.1. The van der Waals surface area contributed by atoms with Gasteiger partial charge in [-0.15, -0.1) is 5.10 Å². The highest BCUT2D eigenvalue weighted by Gasteiger charge is 2.34. The van der Waals surface area contributed by atoms with E-state index in [1.165, 1.54) is 0 Å². The van der Waals surface area contributed by atoms with Crippen molar-refractivity contribution in [1.82, 2.24) is 29.9 Å². The lowest BCUT2D eigenvalue weighted by atomic mass is 9.91. The molecule has 1 aliphatic heterocycles. The van der Waals surface area contributed by atoms with E-state index in [0.717, 1.165) is 31.8 Å². The first-order valence-corrected chi connectivity index (χ1v) is 8.69. The van der Waals surface area contributed by atoms with E-state index in [9.17, 15) is 4.79 Å². The Kier molecular flexibility index (Phi) is 4.20. The van der Waals surface area contributed by atoms with Crippen LogP contribution in [-0.4, -0.2) is 55.8 Å². The van der Waals surface area contributed by atoms with Crippen molar-refractivity contribution in [3.63, 3.8) is 0 Å². The number of aromatic nitrogens is 5. The minimum atomic E-state index is 0.0879. The number of likely N-dealkylation sites (tertiary alicyclic amines) is 1. The Morgan fingerprint density at radius 3 is 2.68 bits per heavy atom. The van der Waals surface area contributed by atoms with E-state index in [4.69, 9.17) is 4.74 Å². The van der Waals surface area contributed by atoms with Gasteiger partial charge in [0.15, 0.2) is 11.5 Å². The summed E-state index contributed by atoms with van der Waals surface area (Å²) >= 11 is 0. The molecule has 1 unspecified atom stereocenters. The topological polar surface area (TPSA) is 86.0 Å². The van der Waals surface area contributed by atoms with E-state index >= 15 is 0 Å². The van der Waals surface area contributed by atoms with Crippen LogP contribution in [0.15, 0.2) is 18.6 Å². The summed E-state index contributed by atoms with van der Waals surface area (Å²) in [4.78, 5) is 23.3. The van der Waals surface area contributed by atoms with Crippen molar-refractivity contribution in [2.24, 2.45) is 5.92 Å². The Balaban J connectivity index is 1.28. The molecule has 2 aliphatic rings. The molecule has 4 rings (SSSR count). The molecule has 0 aromatic carbocycles. The highest BCUT2D eigenvalue weighted by atomic mass is 16.5. The third-order valence-electron chi connectivity index (χ3n) is 4.98. The van der Waals surface area contributed by atoms with E-state index in [1.54, 1.807) is 25.7 Å². The Bertz CT molecular complexity index is 749. The Morgan fingerprint density at radius 1 is 1.32 bits per heavy atom. The summed E-state index contributed by atoms with van der Waals surface area (Å²) in [6, 6.07) is 0.589. The SMILES string of the molecule is COc1cnc(C(C)N2CC(CC(=O)c3cn(C4CC4)nn3)C2)nc1. The van der Waals surface area contributed by atoms with Crippen molar-refractivity contribution in [2.45, 2.75) is 38.3 Å². The smallest absolute Gasteiger partial charge is 0.185 e. The van der Waals surface area contributed by atoms with E-state index in [1.807, 2.05) is 4.68 Å². The summed E-state index contributed by atoms with van der Waals surface area (Å²) in [5, 5.41) is 8.08. The van der Waals surface area contributed by atoms with E-state index in [-0.39, 0.29) is 11.8 Å². The maximum atomic E-state index is 12.3. The van der Waals surface area contributed by atoms with Crippen molar-refractivity contribution in [3.05, 3.63) is 30.1 Å². The summed E-state index contributed by atoms with van der Waals surface area (Å²) in [5.74, 6) is 1.88. The molecule has 1 saturated carbocycles. The summed E-state index contributed by atoms with van der Waals surface area (Å²) in [5.41, 5.74) is 0.497. The molecule has 1 atom stereocenters. The zero-order valence-electron chi connectivity index (χ0n) is 14.5. The van der Waals surface area contributed by atoms with E-state index < -0.39 is 0 Å². The van der Waals surface area contributed by atoms with Gasteiger partial charge in [-0.3, -0.25) is 9.69 Å². The van der Waals surface area contributed by atoms with Crippen LogP contribution < -0.4 is 4.74 Å². The maximum Gasteiger partial charge on any atom is 0.185 e. The molecule has 2 aromatic rings. The third-order valence-corrected chi connectivity index (χ3v) is 4.98. The van der Waals surface area contributed by atoms with Gasteiger partial charge in [0.05, 0.1) is 37.8 Å². The summed E-state index contributed by atoms with van der Waals surface area (Å²) < 4.78 is 6.91. The third kappa shape index (κ3) is 3.39. The standard InChI is InChI=1S/C17H22N6O2/c1-11(17-18-6-14(25-2)7-19-17)22-8-12(9-22)5-16(24)15-10-23(21-20-15)13-3-4-13/h6-7,10-13H,3-5,8-9H2,1-2H3. The molecule has 8 nitrogen and oxygen atoms in total. The molecule has 1 saturated heterocycles. The van der Waals surface area contributed by atoms with Crippen molar-refractivity contribution in [1.29, 1.82) is 0 Å². The zero-order chi connectivity index (χ0) is 17.4. The number of Topliss-reactive ketones (excluding diaryl/α,β-unsaturated/α-hetero) is 1. The van der Waals surface area contributed by atoms with Gasteiger partial charge in [0.2, 0.25) is 0 Å². The van der Waals surface area contributed by atoms with Crippen molar-refractivity contribution < 1.29 is 9.53 Å². The second kappa shape index (κ2) is 6.51. The molecule has 3 heterocycles. The van der Waals surface area contributed by atoms with E-state index in [0.29, 0.717) is 29.8 Å². The number of ether oxygens (including phenoxy) is 1. The Labute approximate surface area is 146 Å². The molecule has 0 N–H and O–H groups in total. The molecule has 0 radical (unpaired) electrons. The monoisotopic (exact) mass is 342 g/mol. The lowest BCUT2D eigenvalue weighted by Gasteiger charge is -2.42. The number of ketones is 1. The largest absolute Gasteiger partial charge is 0.494 e. The molecule has 132 valence electrons. The van der Waals surface area contributed by atoms with Crippen molar-refractivity contribution >= 4 is 5.78 Å². The predicted molar refractivity (Wildman–Crippen MR) is 89.3 cm³/mol. The number of nitrogens with zero attached hydrogens (tertiary/aromatic N) is 6. The van der Waals surface area contributed by atoms with Gasteiger partial charge in [-0.2, -0.15) is 0 Å². The predicted octanol–water partition coefficient (Wildman–Crippen LogP) is 1.68. The summed E-state index contributed by atoms with van der Waals surface area (Å²) in [7, 11) is 1.60. The van der Waals surface area contributed by atoms with Gasteiger partial charge in [-0.05, 0) is 25.7 Å².